The Kier molecular flexibility index (Phi) is 3.00. The molecule has 0 bridgehead atoms. The second kappa shape index (κ2) is 4.67. The zero-order chi connectivity index (χ0) is 13.4. The van der Waals surface area contributed by atoms with Gasteiger partial charge in [-0.2, -0.15) is 0 Å². The normalized spacial score (nSPS) is 10.8. The Bertz CT molecular complexity index is 729. The van der Waals surface area contributed by atoms with Crippen LogP contribution in [0.25, 0.3) is 15.7 Å². The van der Waals surface area contributed by atoms with Gasteiger partial charge in [-0.3, -0.25) is 0 Å². The highest BCUT2D eigenvalue weighted by atomic mass is 32.1. The summed E-state index contributed by atoms with van der Waals surface area (Å²) >= 11 is 1.81. The molecule has 0 atom stereocenters. The summed E-state index contributed by atoms with van der Waals surface area (Å²) in [6.07, 6.45) is 0. The van der Waals surface area contributed by atoms with E-state index in [2.05, 4.69) is 69.0 Å². The number of rotatable bonds is 2. The van der Waals surface area contributed by atoms with Crippen molar-refractivity contribution in [3.8, 4) is 0 Å². The topological polar surface area (TPSA) is 0 Å². The van der Waals surface area contributed by atoms with Gasteiger partial charge < -0.3 is 0 Å². The van der Waals surface area contributed by atoms with Crippen LogP contribution in [0.1, 0.15) is 21.6 Å². The summed E-state index contributed by atoms with van der Waals surface area (Å²) in [4.78, 5) is 1.26. The van der Waals surface area contributed by atoms with Crippen molar-refractivity contribution in [1.82, 2.24) is 0 Å². The first kappa shape index (κ1) is 12.2. The zero-order valence-electron chi connectivity index (χ0n) is 11.2. The van der Waals surface area contributed by atoms with Crippen LogP contribution in [0.15, 0.2) is 55.1 Å². The minimum Gasteiger partial charge on any atom is -0.135 e. The van der Waals surface area contributed by atoms with E-state index in [0.717, 1.165) is 5.57 Å². The number of hydrogen-bond donors (Lipinski definition) is 0. The van der Waals surface area contributed by atoms with Crippen LogP contribution in [0.2, 0.25) is 0 Å². The molecule has 94 valence electrons. The standard InChI is InChI=1S/C18H16S/c1-12-8-9-16(13(2)10-12)14(3)18-11-15-6-4-5-7-17(15)19-18/h4-11H,3H2,1-2H3. The van der Waals surface area contributed by atoms with Crippen LogP contribution in [0.4, 0.5) is 0 Å². The molecule has 0 radical (unpaired) electrons. The molecule has 0 nitrogen and oxygen atoms in total. The molecule has 0 aliphatic carbocycles. The molecule has 0 aliphatic heterocycles. The van der Waals surface area contributed by atoms with E-state index in [1.165, 1.54) is 31.7 Å². The first-order valence-corrected chi connectivity index (χ1v) is 7.22. The lowest BCUT2D eigenvalue weighted by Gasteiger charge is -2.08. The molecule has 19 heavy (non-hydrogen) atoms. The molecule has 0 N–H and O–H groups in total. The van der Waals surface area contributed by atoms with Crippen molar-refractivity contribution >= 4 is 27.0 Å². The lowest BCUT2D eigenvalue weighted by atomic mass is 9.99. The quantitative estimate of drug-likeness (QED) is 0.567. The number of thiophene rings is 1. The van der Waals surface area contributed by atoms with Crippen molar-refractivity contribution in [2.75, 3.05) is 0 Å². The summed E-state index contributed by atoms with van der Waals surface area (Å²) in [6.45, 7) is 8.57. The number of hydrogen-bond acceptors (Lipinski definition) is 1. The van der Waals surface area contributed by atoms with Gasteiger partial charge in [0.05, 0.1) is 0 Å². The van der Waals surface area contributed by atoms with Gasteiger partial charge in [0.15, 0.2) is 0 Å². The van der Waals surface area contributed by atoms with E-state index >= 15 is 0 Å². The second-order valence-corrected chi connectivity index (χ2v) is 6.03. The van der Waals surface area contributed by atoms with E-state index in [1.807, 2.05) is 11.3 Å². The Hall–Kier alpha value is -1.86. The second-order valence-electron chi connectivity index (χ2n) is 4.95. The molecule has 1 heterocycles. The van der Waals surface area contributed by atoms with E-state index < -0.39 is 0 Å². The summed E-state index contributed by atoms with van der Waals surface area (Å²) in [6, 6.07) is 17.3. The molecule has 3 aromatic rings. The van der Waals surface area contributed by atoms with Gasteiger partial charge >= 0.3 is 0 Å². The third-order valence-corrected chi connectivity index (χ3v) is 4.61. The highest BCUT2D eigenvalue weighted by Gasteiger charge is 2.09. The molecule has 0 saturated heterocycles. The Balaban J connectivity index is 2.08. The summed E-state index contributed by atoms with van der Waals surface area (Å²) in [5.74, 6) is 0. The number of fused-ring (bicyclic) bond motifs is 1. The number of aryl methyl sites for hydroxylation is 2. The van der Waals surface area contributed by atoms with Crippen LogP contribution >= 0.6 is 11.3 Å². The average Bonchev–Trinajstić information content (AvgIpc) is 2.81. The maximum absolute atomic E-state index is 4.29. The largest absolute Gasteiger partial charge is 0.135 e. The SMILES string of the molecule is C=C(c1cc2ccccc2s1)c1ccc(C)cc1C. The molecule has 0 spiro atoms. The molecule has 0 saturated carbocycles. The average molecular weight is 264 g/mol. The van der Waals surface area contributed by atoms with Gasteiger partial charge in [0.2, 0.25) is 0 Å². The summed E-state index contributed by atoms with van der Waals surface area (Å²) in [7, 11) is 0. The highest BCUT2D eigenvalue weighted by molar-refractivity contribution is 7.20. The maximum atomic E-state index is 4.29. The zero-order valence-corrected chi connectivity index (χ0v) is 12.1. The molecule has 0 fully saturated rings. The van der Waals surface area contributed by atoms with Gasteiger partial charge in [0, 0.05) is 9.58 Å². The van der Waals surface area contributed by atoms with Crippen LogP contribution < -0.4 is 0 Å². The Labute approximate surface area is 118 Å². The van der Waals surface area contributed by atoms with Gasteiger partial charge in [-0.05, 0) is 48.1 Å². The van der Waals surface area contributed by atoms with E-state index in [-0.39, 0.29) is 0 Å². The van der Waals surface area contributed by atoms with Gasteiger partial charge in [0.25, 0.3) is 0 Å². The lowest BCUT2D eigenvalue weighted by Crippen LogP contribution is -1.88. The van der Waals surface area contributed by atoms with Gasteiger partial charge in [-0.25, -0.2) is 0 Å². The lowest BCUT2D eigenvalue weighted by molar-refractivity contribution is 1.36. The van der Waals surface area contributed by atoms with E-state index in [0.29, 0.717) is 0 Å². The Morgan fingerprint density at radius 3 is 2.53 bits per heavy atom. The highest BCUT2D eigenvalue weighted by Crippen LogP contribution is 2.34. The van der Waals surface area contributed by atoms with Gasteiger partial charge in [-0.1, -0.05) is 48.5 Å². The van der Waals surface area contributed by atoms with Crippen LogP contribution in [0.5, 0.6) is 0 Å². The molecule has 2 aromatic carbocycles. The predicted molar refractivity (Wildman–Crippen MR) is 85.9 cm³/mol. The Morgan fingerprint density at radius 2 is 1.79 bits per heavy atom. The number of benzene rings is 2. The molecule has 3 rings (SSSR count). The van der Waals surface area contributed by atoms with Crippen molar-refractivity contribution in [2.24, 2.45) is 0 Å². The first-order valence-electron chi connectivity index (χ1n) is 6.40. The first-order chi connectivity index (χ1) is 9.15. The van der Waals surface area contributed by atoms with E-state index in [9.17, 15) is 0 Å². The van der Waals surface area contributed by atoms with Crippen molar-refractivity contribution < 1.29 is 0 Å². The van der Waals surface area contributed by atoms with Crippen molar-refractivity contribution in [2.45, 2.75) is 13.8 Å². The third-order valence-electron chi connectivity index (χ3n) is 3.43. The smallest absolute Gasteiger partial charge is 0.0355 e. The monoisotopic (exact) mass is 264 g/mol. The fraction of sp³-hybridized carbons (Fsp3) is 0.111. The van der Waals surface area contributed by atoms with Crippen LogP contribution in [0, 0.1) is 13.8 Å². The molecule has 0 unspecified atom stereocenters. The predicted octanol–water partition coefficient (Wildman–Crippen LogP) is 5.58. The molecule has 1 aromatic heterocycles. The minimum absolute atomic E-state index is 1.12. The summed E-state index contributed by atoms with van der Waals surface area (Å²) in [5.41, 5.74) is 4.96. The molecule has 0 aliphatic rings. The van der Waals surface area contributed by atoms with Crippen molar-refractivity contribution in [3.05, 3.63) is 76.7 Å². The van der Waals surface area contributed by atoms with E-state index in [4.69, 9.17) is 0 Å². The summed E-state index contributed by atoms with van der Waals surface area (Å²) < 4.78 is 1.32. The minimum atomic E-state index is 1.12. The van der Waals surface area contributed by atoms with Crippen LogP contribution in [-0.2, 0) is 0 Å². The Morgan fingerprint density at radius 1 is 1.00 bits per heavy atom. The van der Waals surface area contributed by atoms with Crippen LogP contribution in [0.3, 0.4) is 0 Å². The van der Waals surface area contributed by atoms with Gasteiger partial charge in [-0.15, -0.1) is 11.3 Å². The maximum Gasteiger partial charge on any atom is 0.0355 e. The van der Waals surface area contributed by atoms with Crippen LogP contribution in [-0.4, -0.2) is 0 Å². The van der Waals surface area contributed by atoms with E-state index in [1.54, 1.807) is 0 Å². The molecular weight excluding hydrogens is 248 g/mol. The van der Waals surface area contributed by atoms with Crippen molar-refractivity contribution in [3.63, 3.8) is 0 Å². The fourth-order valence-corrected chi connectivity index (χ4v) is 3.46. The molecule has 1 heteroatoms. The van der Waals surface area contributed by atoms with Crippen molar-refractivity contribution in [1.29, 1.82) is 0 Å². The van der Waals surface area contributed by atoms with Gasteiger partial charge in [0.1, 0.15) is 0 Å². The summed E-state index contributed by atoms with van der Waals surface area (Å²) in [5, 5.41) is 1.30. The third kappa shape index (κ3) is 2.22. The fourth-order valence-electron chi connectivity index (χ4n) is 2.42. The molecular formula is C18H16S. The molecule has 0 amide bonds.